The van der Waals surface area contributed by atoms with Crippen LogP contribution in [0.4, 0.5) is 14.6 Å². The monoisotopic (exact) mass is 553 g/mol. The van der Waals surface area contributed by atoms with Gasteiger partial charge in [0, 0.05) is 48.2 Å². The number of halogens is 2. The lowest BCUT2D eigenvalue weighted by Gasteiger charge is -2.51. The van der Waals surface area contributed by atoms with E-state index in [-0.39, 0.29) is 18.4 Å². The van der Waals surface area contributed by atoms with Crippen LogP contribution in [0.15, 0.2) is 48.8 Å². The quantitative estimate of drug-likeness (QED) is 0.472. The minimum absolute atomic E-state index is 0.0667. The van der Waals surface area contributed by atoms with Gasteiger partial charge in [-0.1, -0.05) is 30.7 Å². The summed E-state index contributed by atoms with van der Waals surface area (Å²) in [4.78, 5) is 37.6. The second-order valence-electron chi connectivity index (χ2n) is 11.9. The predicted octanol–water partition coefficient (Wildman–Crippen LogP) is 3.76. The van der Waals surface area contributed by atoms with E-state index in [9.17, 15) is 18.4 Å². The fraction of sp³-hybridized carbons (Fsp3) is 0.375. The average Bonchev–Trinajstić information content (AvgIpc) is 3.65. The molecule has 2 aromatic heterocycles. The van der Waals surface area contributed by atoms with Gasteiger partial charge in [-0.15, -0.1) is 0 Å². The van der Waals surface area contributed by atoms with E-state index < -0.39 is 28.1 Å². The van der Waals surface area contributed by atoms with E-state index in [1.807, 2.05) is 25.1 Å². The number of benzene rings is 1. The fourth-order valence-corrected chi connectivity index (χ4v) is 7.14. The van der Waals surface area contributed by atoms with Gasteiger partial charge in [0.25, 0.3) is 0 Å². The number of carbonyl (C=O) groups excluding carboxylic acids is 2. The maximum atomic E-state index is 14.2. The molecule has 7 rings (SSSR count). The molecule has 2 aliphatic carbocycles. The first-order valence-electron chi connectivity index (χ1n) is 14.0. The van der Waals surface area contributed by atoms with Crippen LogP contribution < -0.4 is 10.6 Å². The molecule has 4 aliphatic rings. The van der Waals surface area contributed by atoms with Crippen molar-refractivity contribution in [2.24, 2.45) is 0 Å². The first kappa shape index (κ1) is 25.8. The van der Waals surface area contributed by atoms with Gasteiger partial charge in [0.2, 0.25) is 11.8 Å². The molecule has 2 spiro atoms. The molecule has 41 heavy (non-hydrogen) atoms. The van der Waals surface area contributed by atoms with Crippen LogP contribution in [-0.4, -0.2) is 45.3 Å². The molecule has 2 atom stereocenters. The number of nitrogens with zero attached hydrogens (tertiary/aromatic N) is 3. The summed E-state index contributed by atoms with van der Waals surface area (Å²) in [5.74, 6) is 5.39. The summed E-state index contributed by atoms with van der Waals surface area (Å²) in [6.07, 6.45) is 7.73. The standard InChI is InChI=1S/C32H29F2N5O2/c1-30(22-13-23(33)15-24(34)14-22)19-37-32(8-2-3-9-32)29(41)39(30)11-5-6-20-12-21-16-31(17-26(21)36-18-20)25-7-4-10-35-27(25)38-28(31)40/h4,7,10,12-15,18,37H,2-3,8-9,11,16-17,19H2,1H3,(H,35,38,40)/t30-,31-/m0/s1. The van der Waals surface area contributed by atoms with E-state index in [2.05, 4.69) is 32.4 Å². The number of amides is 2. The van der Waals surface area contributed by atoms with Crippen LogP contribution >= 0.6 is 0 Å². The van der Waals surface area contributed by atoms with Gasteiger partial charge in [0.15, 0.2) is 0 Å². The van der Waals surface area contributed by atoms with E-state index in [0.717, 1.165) is 48.6 Å². The largest absolute Gasteiger partial charge is 0.319 e. The van der Waals surface area contributed by atoms with Crippen LogP contribution in [0.5, 0.6) is 0 Å². The summed E-state index contributed by atoms with van der Waals surface area (Å²) in [5.41, 5.74) is 1.43. The van der Waals surface area contributed by atoms with Crippen molar-refractivity contribution in [3.8, 4) is 11.8 Å². The zero-order chi connectivity index (χ0) is 28.4. The van der Waals surface area contributed by atoms with Crippen molar-refractivity contribution in [3.05, 3.63) is 88.4 Å². The highest BCUT2D eigenvalue weighted by Gasteiger charge is 2.53. The van der Waals surface area contributed by atoms with Crippen LogP contribution in [0.25, 0.3) is 0 Å². The Balaban J connectivity index is 1.18. The molecule has 1 aromatic carbocycles. The Kier molecular flexibility index (Phi) is 5.77. The summed E-state index contributed by atoms with van der Waals surface area (Å²) in [6, 6.07) is 9.16. The minimum atomic E-state index is -0.984. The van der Waals surface area contributed by atoms with Gasteiger partial charge in [0.1, 0.15) is 17.5 Å². The lowest BCUT2D eigenvalue weighted by molar-refractivity contribution is -0.149. The molecule has 7 nitrogen and oxygen atoms in total. The molecule has 2 N–H and O–H groups in total. The normalized spacial score (nSPS) is 25.7. The van der Waals surface area contributed by atoms with Gasteiger partial charge in [-0.3, -0.25) is 14.6 Å². The first-order valence-corrected chi connectivity index (χ1v) is 14.0. The predicted molar refractivity (Wildman–Crippen MR) is 148 cm³/mol. The van der Waals surface area contributed by atoms with E-state index >= 15 is 0 Å². The van der Waals surface area contributed by atoms with Crippen molar-refractivity contribution in [3.63, 3.8) is 0 Å². The summed E-state index contributed by atoms with van der Waals surface area (Å²) >= 11 is 0. The van der Waals surface area contributed by atoms with Crippen molar-refractivity contribution < 1.29 is 18.4 Å². The Morgan fingerprint density at radius 2 is 1.83 bits per heavy atom. The van der Waals surface area contributed by atoms with Crippen LogP contribution in [0.2, 0.25) is 0 Å². The van der Waals surface area contributed by atoms with Crippen molar-refractivity contribution in [1.29, 1.82) is 0 Å². The Hall–Kier alpha value is -4.16. The van der Waals surface area contributed by atoms with Crippen molar-refractivity contribution in [1.82, 2.24) is 20.2 Å². The fourth-order valence-electron chi connectivity index (χ4n) is 7.14. The topological polar surface area (TPSA) is 87.2 Å². The molecule has 9 heteroatoms. The number of anilines is 1. The maximum Gasteiger partial charge on any atom is 0.244 e. The number of nitrogens with one attached hydrogen (secondary N) is 2. The Morgan fingerprint density at radius 3 is 2.61 bits per heavy atom. The smallest absolute Gasteiger partial charge is 0.244 e. The highest BCUT2D eigenvalue weighted by atomic mass is 19.1. The maximum absolute atomic E-state index is 14.2. The minimum Gasteiger partial charge on any atom is -0.319 e. The molecule has 0 radical (unpaired) electrons. The molecule has 0 bridgehead atoms. The number of aromatic nitrogens is 2. The Labute approximate surface area is 236 Å². The van der Waals surface area contributed by atoms with Crippen molar-refractivity contribution in [2.75, 3.05) is 18.4 Å². The molecule has 0 unspecified atom stereocenters. The highest BCUT2D eigenvalue weighted by Crippen LogP contribution is 2.46. The molecule has 2 aliphatic heterocycles. The van der Waals surface area contributed by atoms with Crippen molar-refractivity contribution >= 4 is 17.6 Å². The van der Waals surface area contributed by atoms with E-state index in [1.165, 1.54) is 12.1 Å². The Morgan fingerprint density at radius 1 is 1.05 bits per heavy atom. The van der Waals surface area contributed by atoms with Gasteiger partial charge in [-0.2, -0.15) is 0 Å². The summed E-state index contributed by atoms with van der Waals surface area (Å²) in [7, 11) is 0. The van der Waals surface area contributed by atoms with Crippen LogP contribution in [-0.2, 0) is 33.4 Å². The zero-order valence-electron chi connectivity index (χ0n) is 22.7. The average molecular weight is 554 g/mol. The lowest BCUT2D eigenvalue weighted by atomic mass is 9.80. The molecule has 4 heterocycles. The molecule has 1 saturated heterocycles. The third-order valence-electron chi connectivity index (χ3n) is 9.44. The number of fused-ring (bicyclic) bond motifs is 3. The first-order chi connectivity index (χ1) is 19.7. The van der Waals surface area contributed by atoms with Crippen LogP contribution in [0.1, 0.15) is 60.6 Å². The van der Waals surface area contributed by atoms with E-state index in [1.54, 1.807) is 17.3 Å². The highest BCUT2D eigenvalue weighted by molar-refractivity contribution is 6.06. The van der Waals surface area contributed by atoms with Gasteiger partial charge in [-0.05, 0) is 61.6 Å². The summed E-state index contributed by atoms with van der Waals surface area (Å²) < 4.78 is 28.5. The molecule has 208 valence electrons. The Bertz CT molecular complexity index is 1650. The summed E-state index contributed by atoms with van der Waals surface area (Å²) in [6.45, 7) is 2.29. The second kappa shape index (κ2) is 9.18. The van der Waals surface area contributed by atoms with Gasteiger partial charge in [-0.25, -0.2) is 13.8 Å². The number of pyridine rings is 2. The zero-order valence-corrected chi connectivity index (χ0v) is 22.7. The lowest BCUT2D eigenvalue weighted by Crippen LogP contribution is -2.70. The number of hydrogen-bond acceptors (Lipinski definition) is 5. The SMILES string of the molecule is C[C@@]1(c2cc(F)cc(F)c2)CNC2(CCCC2)C(=O)N1CC#Cc1cnc2c(c1)C[C@@]1(C2)C(=O)Nc2ncccc21. The molecule has 2 amide bonds. The van der Waals surface area contributed by atoms with E-state index in [0.29, 0.717) is 36.3 Å². The van der Waals surface area contributed by atoms with Crippen LogP contribution in [0, 0.1) is 23.5 Å². The van der Waals surface area contributed by atoms with Gasteiger partial charge >= 0.3 is 0 Å². The number of rotatable bonds is 2. The number of piperazine rings is 1. The third kappa shape index (κ3) is 3.96. The van der Waals surface area contributed by atoms with E-state index in [4.69, 9.17) is 0 Å². The third-order valence-corrected chi connectivity index (χ3v) is 9.44. The second-order valence-corrected chi connectivity index (χ2v) is 11.9. The van der Waals surface area contributed by atoms with Crippen LogP contribution in [0.3, 0.4) is 0 Å². The van der Waals surface area contributed by atoms with Gasteiger partial charge in [0.05, 0.1) is 23.0 Å². The van der Waals surface area contributed by atoms with Crippen molar-refractivity contribution in [2.45, 2.75) is 61.9 Å². The number of carbonyl (C=O) groups is 2. The summed E-state index contributed by atoms with van der Waals surface area (Å²) in [5, 5.41) is 6.35. The van der Waals surface area contributed by atoms with Gasteiger partial charge < -0.3 is 15.5 Å². The molecule has 1 saturated carbocycles. The number of hydrogen-bond donors (Lipinski definition) is 2. The molecule has 3 aromatic rings. The molecule has 2 fully saturated rings. The molecular formula is C32H29F2N5O2. The molecular weight excluding hydrogens is 524 g/mol.